The number of hydrogen-bond donors (Lipinski definition) is 1. The van der Waals surface area contributed by atoms with Gasteiger partial charge in [-0.25, -0.2) is 9.97 Å². The lowest BCUT2D eigenvalue weighted by Crippen LogP contribution is -2.33. The highest BCUT2D eigenvalue weighted by molar-refractivity contribution is 7.16. The Morgan fingerprint density at radius 3 is 2.70 bits per heavy atom. The summed E-state index contributed by atoms with van der Waals surface area (Å²) >= 11 is 1.61. The average molecular weight is 382 g/mol. The molecule has 2 heterocycles. The van der Waals surface area contributed by atoms with Crippen molar-refractivity contribution in [3.8, 4) is 0 Å². The smallest absolute Gasteiger partial charge is 0.214 e. The number of aromatic nitrogens is 2. The van der Waals surface area contributed by atoms with Crippen molar-refractivity contribution < 1.29 is 4.79 Å². The third-order valence-electron chi connectivity index (χ3n) is 5.06. The topological polar surface area (TPSA) is 61.4 Å². The van der Waals surface area contributed by atoms with E-state index >= 15 is 0 Å². The number of nitrogens with one attached hydrogen (secondary N) is 1. The summed E-state index contributed by atoms with van der Waals surface area (Å²) < 4.78 is 1.13. The van der Waals surface area contributed by atoms with Crippen molar-refractivity contribution >= 4 is 50.8 Å². The molecule has 1 aliphatic rings. The van der Waals surface area contributed by atoms with Gasteiger partial charge in [0, 0.05) is 31.9 Å². The molecule has 2 aromatic heterocycles. The van der Waals surface area contributed by atoms with Crippen LogP contribution in [-0.4, -0.2) is 36.5 Å². The average Bonchev–Trinajstić information content (AvgIpc) is 3.34. The minimum Gasteiger partial charge on any atom is -0.375 e. The lowest BCUT2D eigenvalue weighted by molar-refractivity contribution is -0.107. The molecule has 1 N–H and O–H groups in total. The summed E-state index contributed by atoms with van der Waals surface area (Å²) in [4.78, 5) is 24.7. The molecule has 1 aromatic carbocycles. The lowest BCUT2D eigenvalue weighted by atomic mass is 10.2. The summed E-state index contributed by atoms with van der Waals surface area (Å²) in [5, 5.41) is 3.37. The molecule has 0 bridgehead atoms. The van der Waals surface area contributed by atoms with E-state index in [1.807, 2.05) is 53.8 Å². The van der Waals surface area contributed by atoms with Gasteiger partial charge in [-0.1, -0.05) is 12.8 Å². The van der Waals surface area contributed by atoms with Gasteiger partial charge in [0.25, 0.3) is 0 Å². The van der Waals surface area contributed by atoms with Gasteiger partial charge < -0.3 is 15.1 Å². The summed E-state index contributed by atoms with van der Waals surface area (Å²) in [5.41, 5.74) is 5.65. The molecular weight excluding hydrogens is 358 g/mol. The minimum absolute atomic E-state index is 0.269. The Kier molecular flexibility index (Phi) is 4.94. The van der Waals surface area contributed by atoms with Gasteiger partial charge in [0.15, 0.2) is 0 Å². The summed E-state index contributed by atoms with van der Waals surface area (Å²) in [6.45, 7) is 0. The molecular formula is C20H23N5OS. The molecule has 4 rings (SSSR count). The van der Waals surface area contributed by atoms with E-state index in [0.29, 0.717) is 0 Å². The van der Waals surface area contributed by atoms with Crippen molar-refractivity contribution in [1.82, 2.24) is 9.97 Å². The van der Waals surface area contributed by atoms with E-state index in [9.17, 15) is 4.79 Å². The minimum atomic E-state index is 0.269. The van der Waals surface area contributed by atoms with Crippen molar-refractivity contribution in [2.24, 2.45) is 0 Å². The molecule has 3 aromatic rings. The molecule has 7 heteroatoms. The second-order valence-electron chi connectivity index (χ2n) is 7.06. The Bertz CT molecular complexity index is 948. The fourth-order valence-electron chi connectivity index (χ4n) is 3.66. The Morgan fingerprint density at radius 2 is 1.96 bits per heavy atom. The molecule has 0 unspecified atom stereocenters. The summed E-state index contributed by atoms with van der Waals surface area (Å²) in [6, 6.07) is 8.31. The number of nitrogens with zero attached hydrogens (tertiary/aromatic N) is 4. The Labute approximate surface area is 162 Å². The molecule has 0 aliphatic heterocycles. The Hall–Kier alpha value is -2.67. The highest BCUT2D eigenvalue weighted by Gasteiger charge is 2.25. The van der Waals surface area contributed by atoms with E-state index in [0.717, 1.165) is 52.3 Å². The number of carbonyl (C=O) groups is 1. The number of carbonyl (C=O) groups excluding carboxylic acids is 1. The number of fused-ring (bicyclic) bond motifs is 1. The fraction of sp³-hybridized carbons (Fsp3) is 0.350. The van der Waals surface area contributed by atoms with Crippen LogP contribution in [0.25, 0.3) is 10.2 Å². The van der Waals surface area contributed by atoms with E-state index in [1.54, 1.807) is 11.3 Å². The first-order valence-electron chi connectivity index (χ1n) is 9.17. The highest BCUT2D eigenvalue weighted by Crippen LogP contribution is 2.35. The maximum absolute atomic E-state index is 11.9. The van der Waals surface area contributed by atoms with Gasteiger partial charge in [0.05, 0.1) is 33.3 Å². The molecule has 6 nitrogen and oxygen atoms in total. The van der Waals surface area contributed by atoms with Gasteiger partial charge in [0.1, 0.15) is 5.82 Å². The van der Waals surface area contributed by atoms with E-state index < -0.39 is 0 Å². The molecule has 1 saturated carbocycles. The summed E-state index contributed by atoms with van der Waals surface area (Å²) in [6.07, 6.45) is 7.26. The SMILES string of the molecule is CN(C)c1cnc(Nc2ccc3ncsc3c2)cc1N(C=O)C1CCCC1. The number of rotatable bonds is 6. The zero-order valence-electron chi connectivity index (χ0n) is 15.6. The standard InChI is InChI=1S/C20H23N5OS/c1-24(2)18-11-21-20(10-17(18)25(13-26)15-5-3-4-6-15)23-14-7-8-16-19(9-14)27-12-22-16/h7-13,15H,3-6H2,1-2H3,(H,21,23). The summed E-state index contributed by atoms with van der Waals surface area (Å²) in [5.74, 6) is 0.726. The highest BCUT2D eigenvalue weighted by atomic mass is 32.1. The van der Waals surface area contributed by atoms with Crippen LogP contribution in [0.5, 0.6) is 0 Å². The van der Waals surface area contributed by atoms with Crippen molar-refractivity contribution in [3.63, 3.8) is 0 Å². The third-order valence-corrected chi connectivity index (χ3v) is 5.85. The summed E-state index contributed by atoms with van der Waals surface area (Å²) in [7, 11) is 3.95. The van der Waals surface area contributed by atoms with Crippen molar-refractivity contribution in [3.05, 3.63) is 36.0 Å². The third kappa shape index (κ3) is 3.60. The van der Waals surface area contributed by atoms with E-state index in [2.05, 4.69) is 21.4 Å². The van der Waals surface area contributed by atoms with Crippen LogP contribution in [-0.2, 0) is 4.79 Å². The molecule has 0 atom stereocenters. The second-order valence-corrected chi connectivity index (χ2v) is 7.95. The number of hydrogen-bond acceptors (Lipinski definition) is 6. The molecule has 1 aliphatic carbocycles. The number of anilines is 4. The van der Waals surface area contributed by atoms with E-state index in [-0.39, 0.29) is 6.04 Å². The van der Waals surface area contributed by atoms with Gasteiger partial charge in [-0.15, -0.1) is 11.3 Å². The first-order valence-corrected chi connectivity index (χ1v) is 10.0. The molecule has 140 valence electrons. The maximum atomic E-state index is 11.9. The van der Waals surface area contributed by atoms with Crippen LogP contribution in [0.3, 0.4) is 0 Å². The molecule has 1 fully saturated rings. The molecule has 0 saturated heterocycles. The normalized spacial score (nSPS) is 14.4. The fourth-order valence-corrected chi connectivity index (χ4v) is 4.38. The Morgan fingerprint density at radius 1 is 1.15 bits per heavy atom. The van der Waals surface area contributed by atoms with E-state index in [1.165, 1.54) is 12.8 Å². The predicted octanol–water partition coefficient (Wildman–Crippen LogP) is 4.41. The van der Waals surface area contributed by atoms with Crippen molar-refractivity contribution in [2.45, 2.75) is 31.7 Å². The van der Waals surface area contributed by atoms with Crippen LogP contribution >= 0.6 is 11.3 Å². The zero-order chi connectivity index (χ0) is 18.8. The molecule has 0 spiro atoms. The first-order chi connectivity index (χ1) is 13.2. The van der Waals surface area contributed by atoms with Gasteiger partial charge in [-0.05, 0) is 31.0 Å². The molecule has 27 heavy (non-hydrogen) atoms. The largest absolute Gasteiger partial charge is 0.375 e. The lowest BCUT2D eigenvalue weighted by Gasteiger charge is -2.29. The van der Waals surface area contributed by atoms with Gasteiger partial charge in [-0.2, -0.15) is 0 Å². The predicted molar refractivity (Wildman–Crippen MR) is 112 cm³/mol. The number of pyridine rings is 1. The number of thiazole rings is 1. The van der Waals surface area contributed by atoms with Crippen LogP contribution in [0.2, 0.25) is 0 Å². The number of benzene rings is 1. The zero-order valence-corrected chi connectivity index (χ0v) is 16.4. The second kappa shape index (κ2) is 7.52. The first kappa shape index (κ1) is 17.7. The van der Waals surface area contributed by atoms with Crippen LogP contribution in [0, 0.1) is 0 Å². The van der Waals surface area contributed by atoms with Crippen molar-refractivity contribution in [1.29, 1.82) is 0 Å². The van der Waals surface area contributed by atoms with Gasteiger partial charge in [-0.3, -0.25) is 4.79 Å². The number of amides is 1. The Balaban J connectivity index is 1.67. The monoisotopic (exact) mass is 381 g/mol. The van der Waals surface area contributed by atoms with Crippen LogP contribution in [0.4, 0.5) is 22.9 Å². The van der Waals surface area contributed by atoms with Gasteiger partial charge >= 0.3 is 0 Å². The van der Waals surface area contributed by atoms with Crippen molar-refractivity contribution in [2.75, 3.05) is 29.2 Å². The quantitative estimate of drug-likeness (QED) is 0.641. The van der Waals surface area contributed by atoms with Gasteiger partial charge in [0.2, 0.25) is 6.41 Å². The van der Waals surface area contributed by atoms with Crippen LogP contribution in [0.1, 0.15) is 25.7 Å². The van der Waals surface area contributed by atoms with Crippen LogP contribution in [0.15, 0.2) is 36.0 Å². The maximum Gasteiger partial charge on any atom is 0.214 e. The molecule has 1 amide bonds. The molecule has 0 radical (unpaired) electrons. The van der Waals surface area contributed by atoms with E-state index in [4.69, 9.17) is 0 Å². The van der Waals surface area contributed by atoms with Crippen LogP contribution < -0.4 is 15.1 Å².